The van der Waals surface area contributed by atoms with Gasteiger partial charge in [0.2, 0.25) is 0 Å². The van der Waals surface area contributed by atoms with E-state index in [4.69, 9.17) is 17.4 Å². The number of nitrogens with two attached hydrogens (primary N) is 1. The predicted octanol–water partition coefficient (Wildman–Crippen LogP) is 2.15. The highest BCUT2D eigenvalue weighted by atomic mass is 35.5. The van der Waals surface area contributed by atoms with Crippen LogP contribution in [0.25, 0.3) is 0 Å². The number of fused-ring (bicyclic) bond motifs is 1. The molecule has 1 aromatic heterocycles. The lowest BCUT2D eigenvalue weighted by atomic mass is 10.2. The maximum Gasteiger partial charge on any atom is 0.295 e. The smallest absolute Gasteiger partial charge is 0.261 e. The second kappa shape index (κ2) is 3.94. The van der Waals surface area contributed by atoms with Gasteiger partial charge in [-0.25, -0.2) is 5.84 Å². The molecule has 0 amide bonds. The Bertz CT molecular complexity index is 604. The molecule has 1 aliphatic heterocycles. The zero-order chi connectivity index (χ0) is 13.0. The zero-order valence-corrected chi connectivity index (χ0v) is 11.9. The fraction of sp³-hybridized carbons (Fsp3) is 0.444. The number of anilines is 1. The van der Waals surface area contributed by atoms with Crippen molar-refractivity contribution in [1.29, 1.82) is 0 Å². The van der Waals surface area contributed by atoms with Crippen molar-refractivity contribution in [2.45, 2.75) is 25.0 Å². The number of thiophene rings is 1. The minimum Gasteiger partial charge on any atom is -0.261 e. The van der Waals surface area contributed by atoms with E-state index in [1.807, 2.05) is 13.8 Å². The van der Waals surface area contributed by atoms with E-state index in [-0.39, 0.29) is 10.1 Å². The molecule has 0 saturated heterocycles. The molecule has 0 aromatic carbocycles. The van der Waals surface area contributed by atoms with E-state index in [9.17, 15) is 8.42 Å². The van der Waals surface area contributed by atoms with Crippen LogP contribution in [0.5, 0.6) is 0 Å². The molecule has 0 fully saturated rings. The molecule has 94 valence electrons. The number of amidine groups is 1. The van der Waals surface area contributed by atoms with Crippen molar-refractivity contribution in [3.8, 4) is 0 Å². The van der Waals surface area contributed by atoms with Crippen LogP contribution in [0.1, 0.15) is 18.7 Å². The summed E-state index contributed by atoms with van der Waals surface area (Å²) in [5, 5.41) is 1.65. The van der Waals surface area contributed by atoms with Crippen LogP contribution >= 0.6 is 22.9 Å². The average molecular weight is 294 g/mol. The SMILES string of the molecule is Cc1sc2c(c1Cl)N(N)C(C(C)C)=NS2(=O)=O. The van der Waals surface area contributed by atoms with Crippen LogP contribution in [-0.2, 0) is 10.0 Å². The van der Waals surface area contributed by atoms with Crippen molar-refractivity contribution in [3.05, 3.63) is 9.90 Å². The summed E-state index contributed by atoms with van der Waals surface area (Å²) in [5.74, 6) is 6.09. The maximum absolute atomic E-state index is 12.0. The van der Waals surface area contributed by atoms with Crippen molar-refractivity contribution >= 4 is 44.5 Å². The van der Waals surface area contributed by atoms with Crippen molar-refractivity contribution < 1.29 is 8.42 Å². The lowest BCUT2D eigenvalue weighted by Crippen LogP contribution is -2.43. The van der Waals surface area contributed by atoms with Crippen LogP contribution in [0.4, 0.5) is 5.69 Å². The number of sulfonamides is 1. The third-order valence-corrected chi connectivity index (χ3v) is 5.84. The van der Waals surface area contributed by atoms with Crippen molar-refractivity contribution in [2.75, 3.05) is 5.01 Å². The first-order valence-electron chi connectivity index (χ1n) is 4.94. The standard InChI is InChI=1S/C9H12ClN3O2S2/c1-4(2)8-12-17(14,15)9-7(13(8)11)6(10)5(3)16-9/h4H,11H2,1-3H3. The third-order valence-electron chi connectivity index (χ3n) is 2.41. The first-order valence-corrected chi connectivity index (χ1v) is 7.57. The number of hydrogen-bond donors (Lipinski definition) is 1. The Morgan fingerprint density at radius 1 is 1.47 bits per heavy atom. The van der Waals surface area contributed by atoms with Gasteiger partial charge in [-0.15, -0.1) is 15.7 Å². The average Bonchev–Trinajstić information content (AvgIpc) is 2.51. The molecular weight excluding hydrogens is 282 g/mol. The van der Waals surface area contributed by atoms with Gasteiger partial charge in [0.05, 0.1) is 5.02 Å². The minimum absolute atomic E-state index is 0.0980. The molecule has 17 heavy (non-hydrogen) atoms. The summed E-state index contributed by atoms with van der Waals surface area (Å²) < 4.78 is 27.8. The Hall–Kier alpha value is -0.630. The fourth-order valence-electron chi connectivity index (χ4n) is 1.57. The quantitative estimate of drug-likeness (QED) is 0.805. The van der Waals surface area contributed by atoms with Gasteiger partial charge in [0.15, 0.2) is 4.21 Å². The molecule has 0 atom stereocenters. The zero-order valence-electron chi connectivity index (χ0n) is 9.56. The summed E-state index contributed by atoms with van der Waals surface area (Å²) in [6.07, 6.45) is 0. The van der Waals surface area contributed by atoms with Crippen LogP contribution in [0.15, 0.2) is 8.61 Å². The lowest BCUT2D eigenvalue weighted by Gasteiger charge is -2.26. The van der Waals surface area contributed by atoms with Crippen LogP contribution in [0.3, 0.4) is 0 Å². The van der Waals surface area contributed by atoms with E-state index >= 15 is 0 Å². The second-order valence-corrected chi connectivity index (χ2v) is 7.46. The van der Waals surface area contributed by atoms with E-state index in [1.54, 1.807) is 6.92 Å². The molecule has 5 nitrogen and oxygen atoms in total. The van der Waals surface area contributed by atoms with Crippen molar-refractivity contribution in [2.24, 2.45) is 16.2 Å². The molecule has 0 unspecified atom stereocenters. The summed E-state index contributed by atoms with van der Waals surface area (Å²) in [4.78, 5) is 0.718. The normalized spacial score (nSPS) is 18.2. The Labute approximate surface area is 109 Å². The highest BCUT2D eigenvalue weighted by Crippen LogP contribution is 2.44. The molecule has 0 saturated carbocycles. The maximum atomic E-state index is 12.0. The lowest BCUT2D eigenvalue weighted by molar-refractivity contribution is 0.598. The summed E-state index contributed by atoms with van der Waals surface area (Å²) in [7, 11) is -3.67. The number of hydrogen-bond acceptors (Lipinski definition) is 5. The van der Waals surface area contributed by atoms with Gasteiger partial charge in [0, 0.05) is 10.8 Å². The van der Waals surface area contributed by atoms with E-state index in [0.717, 1.165) is 16.2 Å². The first kappa shape index (κ1) is 12.8. The highest BCUT2D eigenvalue weighted by molar-refractivity contribution is 7.92. The first-order chi connectivity index (χ1) is 7.75. The topological polar surface area (TPSA) is 75.8 Å². The van der Waals surface area contributed by atoms with Crippen molar-refractivity contribution in [3.63, 3.8) is 0 Å². The molecule has 8 heteroatoms. The molecule has 2 rings (SSSR count). The monoisotopic (exact) mass is 293 g/mol. The largest absolute Gasteiger partial charge is 0.295 e. The molecule has 0 aliphatic carbocycles. The Morgan fingerprint density at radius 2 is 2.06 bits per heavy atom. The van der Waals surface area contributed by atoms with Crippen molar-refractivity contribution in [1.82, 2.24) is 0 Å². The van der Waals surface area contributed by atoms with Gasteiger partial charge in [-0.05, 0) is 6.92 Å². The Kier molecular flexibility index (Phi) is 2.97. The molecule has 0 radical (unpaired) electrons. The van der Waals surface area contributed by atoms with Crippen LogP contribution < -0.4 is 10.9 Å². The number of aryl methyl sites for hydroxylation is 1. The van der Waals surface area contributed by atoms with Gasteiger partial charge in [-0.2, -0.15) is 8.42 Å². The van der Waals surface area contributed by atoms with E-state index in [1.165, 1.54) is 5.01 Å². The minimum atomic E-state index is -3.67. The number of hydrazine groups is 1. The van der Waals surface area contributed by atoms with Crippen LogP contribution in [0, 0.1) is 12.8 Å². The third kappa shape index (κ3) is 1.87. The summed E-state index contributed by atoms with van der Waals surface area (Å²) >= 11 is 7.18. The van der Waals surface area contributed by atoms with Gasteiger partial charge in [0.25, 0.3) is 10.0 Å². The summed E-state index contributed by atoms with van der Waals surface area (Å²) in [6.45, 7) is 5.41. The van der Waals surface area contributed by atoms with Gasteiger partial charge in [-0.3, -0.25) is 5.01 Å². The van der Waals surface area contributed by atoms with Gasteiger partial charge >= 0.3 is 0 Å². The summed E-state index contributed by atoms with van der Waals surface area (Å²) in [6, 6.07) is 0. The van der Waals surface area contributed by atoms with Crippen LogP contribution in [0.2, 0.25) is 5.02 Å². The predicted molar refractivity (Wildman–Crippen MR) is 70.2 cm³/mol. The number of nitrogens with zero attached hydrogens (tertiary/aromatic N) is 2. The fourth-order valence-corrected chi connectivity index (χ4v) is 4.73. The second-order valence-electron chi connectivity index (χ2n) is 4.06. The van der Waals surface area contributed by atoms with Gasteiger partial charge in [0.1, 0.15) is 11.5 Å². The molecular formula is C9H12ClN3O2S2. The van der Waals surface area contributed by atoms with Gasteiger partial charge in [-0.1, -0.05) is 25.4 Å². The molecule has 2 N–H and O–H groups in total. The summed E-state index contributed by atoms with van der Waals surface area (Å²) in [5.41, 5.74) is 0.341. The molecule has 0 bridgehead atoms. The Morgan fingerprint density at radius 3 is 2.59 bits per heavy atom. The van der Waals surface area contributed by atoms with E-state index in [0.29, 0.717) is 16.5 Å². The van der Waals surface area contributed by atoms with E-state index < -0.39 is 10.0 Å². The molecule has 1 aromatic rings. The van der Waals surface area contributed by atoms with Crippen LogP contribution in [-0.4, -0.2) is 14.3 Å². The highest BCUT2D eigenvalue weighted by Gasteiger charge is 2.35. The number of rotatable bonds is 1. The van der Waals surface area contributed by atoms with E-state index in [2.05, 4.69) is 4.40 Å². The Balaban J connectivity index is 2.75. The van der Waals surface area contributed by atoms with Gasteiger partial charge < -0.3 is 0 Å². The molecule has 0 spiro atoms. The number of halogens is 1. The molecule has 1 aliphatic rings. The molecule has 2 heterocycles.